The van der Waals surface area contributed by atoms with E-state index in [-0.39, 0.29) is 0 Å². The second-order valence-corrected chi connectivity index (χ2v) is 5.29. The van der Waals surface area contributed by atoms with Crippen LogP contribution in [0.3, 0.4) is 0 Å². The normalized spacial score (nSPS) is 11.0. The number of rotatable bonds is 6. The van der Waals surface area contributed by atoms with Gasteiger partial charge in [-0.05, 0) is 37.0 Å². The SMILES string of the molecule is OB(O)CCCCn1c(-c2ccncc2)nc2ccccc21. The Morgan fingerprint density at radius 1 is 1.00 bits per heavy atom. The van der Waals surface area contributed by atoms with Crippen molar-refractivity contribution in [3.8, 4) is 11.4 Å². The van der Waals surface area contributed by atoms with Crippen LogP contribution in [0.25, 0.3) is 22.4 Å². The second kappa shape index (κ2) is 6.72. The predicted octanol–water partition coefficient (Wildman–Crippen LogP) is 2.35. The molecule has 0 atom stereocenters. The fourth-order valence-electron chi connectivity index (χ4n) is 2.62. The molecule has 0 aliphatic carbocycles. The Morgan fingerprint density at radius 2 is 1.77 bits per heavy atom. The average molecular weight is 295 g/mol. The van der Waals surface area contributed by atoms with Crippen LogP contribution in [-0.2, 0) is 6.54 Å². The number of aromatic nitrogens is 3. The summed E-state index contributed by atoms with van der Waals surface area (Å²) < 4.78 is 2.19. The van der Waals surface area contributed by atoms with Gasteiger partial charge in [-0.25, -0.2) is 4.98 Å². The molecule has 0 unspecified atom stereocenters. The number of benzene rings is 1. The van der Waals surface area contributed by atoms with Gasteiger partial charge in [0.15, 0.2) is 0 Å². The van der Waals surface area contributed by atoms with Gasteiger partial charge in [-0.3, -0.25) is 4.98 Å². The number of fused-ring (bicyclic) bond motifs is 1. The first-order valence-electron chi connectivity index (χ1n) is 7.47. The van der Waals surface area contributed by atoms with Crippen LogP contribution >= 0.6 is 0 Å². The van der Waals surface area contributed by atoms with Crippen molar-refractivity contribution in [3.63, 3.8) is 0 Å². The van der Waals surface area contributed by atoms with Gasteiger partial charge in [0.2, 0.25) is 0 Å². The van der Waals surface area contributed by atoms with E-state index >= 15 is 0 Å². The van der Waals surface area contributed by atoms with Gasteiger partial charge in [-0.15, -0.1) is 0 Å². The summed E-state index contributed by atoms with van der Waals surface area (Å²) in [5.74, 6) is 0.924. The van der Waals surface area contributed by atoms with Crippen LogP contribution in [-0.4, -0.2) is 31.7 Å². The van der Waals surface area contributed by atoms with Gasteiger partial charge in [0, 0.05) is 24.5 Å². The van der Waals surface area contributed by atoms with E-state index in [0.717, 1.165) is 41.8 Å². The maximum absolute atomic E-state index is 8.94. The molecule has 1 aromatic carbocycles. The number of nitrogens with zero attached hydrogens (tertiary/aromatic N) is 3. The maximum atomic E-state index is 8.94. The number of para-hydroxylation sites is 2. The van der Waals surface area contributed by atoms with Crippen LogP contribution in [0.5, 0.6) is 0 Å². The molecule has 0 radical (unpaired) electrons. The molecule has 0 saturated carbocycles. The van der Waals surface area contributed by atoms with E-state index in [1.165, 1.54) is 0 Å². The van der Waals surface area contributed by atoms with Gasteiger partial charge in [-0.1, -0.05) is 18.6 Å². The maximum Gasteiger partial charge on any atom is 0.451 e. The summed E-state index contributed by atoms with van der Waals surface area (Å²) in [5, 5.41) is 17.9. The van der Waals surface area contributed by atoms with Gasteiger partial charge >= 0.3 is 7.12 Å². The van der Waals surface area contributed by atoms with Crippen molar-refractivity contribution in [2.45, 2.75) is 25.7 Å². The Morgan fingerprint density at radius 3 is 2.55 bits per heavy atom. The lowest BCUT2D eigenvalue weighted by molar-refractivity contribution is 0.401. The molecule has 5 nitrogen and oxygen atoms in total. The molecule has 2 heterocycles. The lowest BCUT2D eigenvalue weighted by Crippen LogP contribution is -2.10. The minimum Gasteiger partial charge on any atom is -0.427 e. The molecule has 6 heteroatoms. The summed E-state index contributed by atoms with van der Waals surface area (Å²) in [4.78, 5) is 8.79. The minimum atomic E-state index is -1.22. The molecule has 22 heavy (non-hydrogen) atoms. The van der Waals surface area contributed by atoms with Gasteiger partial charge in [-0.2, -0.15) is 0 Å². The van der Waals surface area contributed by atoms with Crippen LogP contribution in [0.2, 0.25) is 6.32 Å². The molecule has 0 saturated heterocycles. The standard InChI is InChI=1S/C16H18BN3O2/c21-17(22)9-3-4-12-20-15-6-2-1-5-14(15)19-16(20)13-7-10-18-11-8-13/h1-2,5-8,10-11,21-22H,3-4,9,12H2. The van der Waals surface area contributed by atoms with Crippen LogP contribution in [0, 0.1) is 0 Å². The summed E-state index contributed by atoms with van der Waals surface area (Å²) in [6.45, 7) is 0.797. The van der Waals surface area contributed by atoms with E-state index in [0.29, 0.717) is 6.32 Å². The fourth-order valence-corrected chi connectivity index (χ4v) is 2.62. The minimum absolute atomic E-state index is 0.400. The van der Waals surface area contributed by atoms with Crippen molar-refractivity contribution < 1.29 is 10.0 Å². The molecule has 0 fully saturated rings. The smallest absolute Gasteiger partial charge is 0.427 e. The molecule has 0 aliphatic heterocycles. The zero-order chi connectivity index (χ0) is 15.4. The van der Waals surface area contributed by atoms with Crippen molar-refractivity contribution in [2.24, 2.45) is 0 Å². The second-order valence-electron chi connectivity index (χ2n) is 5.29. The molecule has 0 amide bonds. The van der Waals surface area contributed by atoms with Crippen molar-refractivity contribution in [1.82, 2.24) is 14.5 Å². The van der Waals surface area contributed by atoms with E-state index in [2.05, 4.69) is 15.6 Å². The third-order valence-electron chi connectivity index (χ3n) is 3.69. The first kappa shape index (κ1) is 14.7. The zero-order valence-corrected chi connectivity index (χ0v) is 12.3. The highest BCUT2D eigenvalue weighted by Crippen LogP contribution is 2.25. The Bertz CT molecular complexity index is 743. The fraction of sp³-hybridized carbons (Fsp3) is 0.250. The average Bonchev–Trinajstić information content (AvgIpc) is 2.91. The lowest BCUT2D eigenvalue weighted by atomic mass is 9.84. The van der Waals surface area contributed by atoms with Gasteiger partial charge in [0.05, 0.1) is 11.0 Å². The van der Waals surface area contributed by atoms with Gasteiger partial charge < -0.3 is 14.6 Å². The number of hydrogen-bond donors (Lipinski definition) is 2. The highest BCUT2D eigenvalue weighted by molar-refractivity contribution is 6.40. The molecule has 3 rings (SSSR count). The molecule has 0 bridgehead atoms. The van der Waals surface area contributed by atoms with E-state index in [1.54, 1.807) is 12.4 Å². The quantitative estimate of drug-likeness (QED) is 0.541. The molecule has 0 aliphatic rings. The van der Waals surface area contributed by atoms with Crippen LogP contribution < -0.4 is 0 Å². The van der Waals surface area contributed by atoms with Crippen molar-refractivity contribution in [3.05, 3.63) is 48.8 Å². The van der Waals surface area contributed by atoms with Gasteiger partial charge in [0.25, 0.3) is 0 Å². The number of unbranched alkanes of at least 4 members (excludes halogenated alkanes) is 1. The number of aryl methyl sites for hydroxylation is 1. The van der Waals surface area contributed by atoms with E-state index < -0.39 is 7.12 Å². The summed E-state index contributed by atoms with van der Waals surface area (Å²) in [6, 6.07) is 12.0. The van der Waals surface area contributed by atoms with Crippen molar-refractivity contribution in [2.75, 3.05) is 0 Å². The topological polar surface area (TPSA) is 71.2 Å². The third kappa shape index (κ3) is 3.18. The molecular weight excluding hydrogens is 277 g/mol. The van der Waals surface area contributed by atoms with Crippen LogP contribution in [0.15, 0.2) is 48.8 Å². The molecular formula is C16H18BN3O2. The number of hydrogen-bond acceptors (Lipinski definition) is 4. The molecule has 0 spiro atoms. The first-order chi connectivity index (χ1) is 10.8. The predicted molar refractivity (Wildman–Crippen MR) is 87.2 cm³/mol. The Hall–Kier alpha value is -2.18. The summed E-state index contributed by atoms with van der Waals surface area (Å²) >= 11 is 0. The largest absolute Gasteiger partial charge is 0.451 e. The van der Waals surface area contributed by atoms with E-state index in [1.807, 2.05) is 30.3 Å². The Balaban J connectivity index is 1.92. The van der Waals surface area contributed by atoms with E-state index in [9.17, 15) is 0 Å². The van der Waals surface area contributed by atoms with Crippen LogP contribution in [0.4, 0.5) is 0 Å². The third-order valence-corrected chi connectivity index (χ3v) is 3.69. The van der Waals surface area contributed by atoms with Crippen molar-refractivity contribution >= 4 is 18.2 Å². The molecule has 3 aromatic rings. The van der Waals surface area contributed by atoms with Gasteiger partial charge in [0.1, 0.15) is 5.82 Å². The Labute approximate surface area is 129 Å². The zero-order valence-electron chi connectivity index (χ0n) is 12.3. The van der Waals surface area contributed by atoms with E-state index in [4.69, 9.17) is 15.0 Å². The molecule has 2 aromatic heterocycles. The van der Waals surface area contributed by atoms with Crippen LogP contribution in [0.1, 0.15) is 12.8 Å². The Kier molecular flexibility index (Phi) is 4.51. The molecule has 112 valence electrons. The number of imidazole rings is 1. The summed E-state index contributed by atoms with van der Waals surface area (Å²) in [7, 11) is -1.22. The number of pyridine rings is 1. The summed E-state index contributed by atoms with van der Waals surface area (Å²) in [5.41, 5.74) is 3.10. The first-order valence-corrected chi connectivity index (χ1v) is 7.47. The lowest BCUT2D eigenvalue weighted by Gasteiger charge is -2.09. The highest BCUT2D eigenvalue weighted by atomic mass is 16.4. The summed E-state index contributed by atoms with van der Waals surface area (Å²) in [6.07, 6.45) is 5.56. The highest BCUT2D eigenvalue weighted by Gasteiger charge is 2.12. The van der Waals surface area contributed by atoms with Crippen molar-refractivity contribution in [1.29, 1.82) is 0 Å². The monoisotopic (exact) mass is 295 g/mol. The molecule has 2 N–H and O–H groups in total.